The van der Waals surface area contributed by atoms with Crippen LogP contribution in [0.15, 0.2) is 30.4 Å². The lowest BCUT2D eigenvalue weighted by molar-refractivity contribution is 0.111. The van der Waals surface area contributed by atoms with Gasteiger partial charge in [-0.2, -0.15) is 0 Å². The zero-order valence-electron chi connectivity index (χ0n) is 21.7. The van der Waals surface area contributed by atoms with Crippen LogP contribution in [0.25, 0.3) is 10.8 Å². The van der Waals surface area contributed by atoms with Crippen LogP contribution in [-0.4, -0.2) is 0 Å². The van der Waals surface area contributed by atoms with Gasteiger partial charge in [-0.05, 0) is 98.6 Å². The molecule has 2 aliphatic rings. The molecule has 192 valence electrons. The lowest BCUT2D eigenvalue weighted by Crippen LogP contribution is -2.31. The first kappa shape index (κ1) is 26.3. The highest BCUT2D eigenvalue weighted by atomic mass is 19.1. The Morgan fingerprint density at radius 1 is 0.857 bits per heavy atom. The van der Waals surface area contributed by atoms with E-state index in [9.17, 15) is 4.39 Å². The Bertz CT molecular complexity index is 1010. The maximum absolute atomic E-state index is 15.6. The molecule has 2 unspecified atom stereocenters. The number of halogens is 3. The van der Waals surface area contributed by atoms with Crippen LogP contribution in [0.5, 0.6) is 0 Å². The molecule has 2 aromatic rings. The Balaban J connectivity index is 1.43. The molecule has 2 fully saturated rings. The zero-order chi connectivity index (χ0) is 24.8. The molecule has 0 aromatic heterocycles. The fourth-order valence-electron chi connectivity index (χ4n) is 6.97. The molecule has 2 saturated carbocycles. The number of benzene rings is 2. The standard InChI is InChI=1S/C32H43F3/c1-3-5-7-8-10-11-22-13-14-25-20-26(16-15-24(25)17-22)30-29(34)21-27-18-23(12-9-6-4-2)19-28(33)31(27)32(30)35/h4,6,18-19,21-22,24-26H,3,5,7-17,20H2,1-2H3/b6-4+/t22?,24-,25?,26-/m1/s1. The molecular formula is C32H43F3. The highest BCUT2D eigenvalue weighted by molar-refractivity contribution is 5.85. The van der Waals surface area contributed by atoms with Gasteiger partial charge in [0.2, 0.25) is 0 Å². The van der Waals surface area contributed by atoms with Gasteiger partial charge in [-0.25, -0.2) is 13.2 Å². The van der Waals surface area contributed by atoms with Gasteiger partial charge in [0.1, 0.15) is 17.5 Å². The van der Waals surface area contributed by atoms with E-state index in [2.05, 4.69) is 6.92 Å². The smallest absolute Gasteiger partial charge is 0.140 e. The molecular weight excluding hydrogens is 441 g/mol. The summed E-state index contributed by atoms with van der Waals surface area (Å²) in [6.45, 7) is 4.20. The molecule has 35 heavy (non-hydrogen) atoms. The van der Waals surface area contributed by atoms with Crippen LogP contribution in [0.1, 0.15) is 114 Å². The topological polar surface area (TPSA) is 0 Å². The van der Waals surface area contributed by atoms with Gasteiger partial charge in [-0.1, -0.05) is 70.1 Å². The van der Waals surface area contributed by atoms with Crippen LogP contribution >= 0.6 is 0 Å². The highest BCUT2D eigenvalue weighted by Gasteiger charge is 2.37. The minimum Gasteiger partial charge on any atom is -0.207 e. The van der Waals surface area contributed by atoms with E-state index >= 15 is 8.78 Å². The second-order valence-corrected chi connectivity index (χ2v) is 11.3. The van der Waals surface area contributed by atoms with Crippen molar-refractivity contribution in [1.29, 1.82) is 0 Å². The maximum Gasteiger partial charge on any atom is 0.140 e. The fraction of sp³-hybridized carbons (Fsp3) is 0.625. The third-order valence-electron chi connectivity index (χ3n) is 8.86. The third kappa shape index (κ3) is 6.33. The van der Waals surface area contributed by atoms with E-state index in [1.807, 2.05) is 19.1 Å². The van der Waals surface area contributed by atoms with E-state index in [1.54, 1.807) is 6.07 Å². The lowest BCUT2D eigenvalue weighted by atomic mass is 9.63. The van der Waals surface area contributed by atoms with Gasteiger partial charge in [0, 0.05) is 5.56 Å². The first-order chi connectivity index (χ1) is 17.0. The van der Waals surface area contributed by atoms with Gasteiger partial charge in [0.05, 0.1) is 5.39 Å². The quantitative estimate of drug-likeness (QED) is 0.232. The van der Waals surface area contributed by atoms with E-state index in [0.29, 0.717) is 23.6 Å². The average Bonchev–Trinajstić information content (AvgIpc) is 2.83. The van der Waals surface area contributed by atoms with Crippen molar-refractivity contribution in [1.82, 2.24) is 0 Å². The Morgan fingerprint density at radius 3 is 2.43 bits per heavy atom. The summed E-state index contributed by atoms with van der Waals surface area (Å²) in [5.74, 6) is 0.220. The van der Waals surface area contributed by atoms with Crippen LogP contribution in [0.4, 0.5) is 13.2 Å². The van der Waals surface area contributed by atoms with E-state index in [4.69, 9.17) is 0 Å². The third-order valence-corrected chi connectivity index (χ3v) is 8.86. The van der Waals surface area contributed by atoms with Crippen LogP contribution in [0, 0.1) is 35.2 Å². The maximum atomic E-state index is 15.6. The Morgan fingerprint density at radius 2 is 1.63 bits per heavy atom. The molecule has 0 heterocycles. The summed E-state index contributed by atoms with van der Waals surface area (Å²) in [6, 6.07) is 4.55. The minimum atomic E-state index is -0.665. The molecule has 3 heteroatoms. The second kappa shape index (κ2) is 12.5. The number of aryl methyl sites for hydroxylation is 1. The number of hydrogen-bond acceptors (Lipinski definition) is 0. The van der Waals surface area contributed by atoms with Crippen molar-refractivity contribution in [2.45, 2.75) is 110 Å². The fourth-order valence-corrected chi connectivity index (χ4v) is 6.97. The normalized spacial score (nSPS) is 24.8. The molecule has 0 N–H and O–H groups in total. The molecule has 0 spiro atoms. The van der Waals surface area contributed by atoms with E-state index < -0.39 is 17.5 Å². The summed E-state index contributed by atoms with van der Waals surface area (Å²) < 4.78 is 45.9. The zero-order valence-corrected chi connectivity index (χ0v) is 21.7. The minimum absolute atomic E-state index is 0.0370. The Kier molecular flexibility index (Phi) is 9.36. The van der Waals surface area contributed by atoms with Crippen LogP contribution in [0.2, 0.25) is 0 Å². The van der Waals surface area contributed by atoms with Gasteiger partial charge in [0.15, 0.2) is 0 Å². The summed E-state index contributed by atoms with van der Waals surface area (Å²) >= 11 is 0. The van der Waals surface area contributed by atoms with E-state index in [0.717, 1.165) is 37.2 Å². The first-order valence-corrected chi connectivity index (χ1v) is 14.2. The molecule has 0 nitrogen and oxygen atoms in total. The SMILES string of the molecule is C/C=C/CCc1cc(F)c2c(F)c([C@@H]3CC[C@@H]4CC(CCCCCCC)CCC4C3)c(F)cc2c1. The van der Waals surface area contributed by atoms with Gasteiger partial charge in [-0.15, -0.1) is 0 Å². The summed E-state index contributed by atoms with van der Waals surface area (Å²) in [4.78, 5) is 0. The molecule has 2 aromatic carbocycles. The molecule has 0 saturated heterocycles. The lowest BCUT2D eigenvalue weighted by Gasteiger charge is -2.42. The summed E-state index contributed by atoms with van der Waals surface area (Å²) in [6.07, 6.45) is 19.9. The van der Waals surface area contributed by atoms with Crippen LogP contribution in [0.3, 0.4) is 0 Å². The average molecular weight is 485 g/mol. The molecule has 0 bridgehead atoms. The van der Waals surface area contributed by atoms with Crippen molar-refractivity contribution in [2.75, 3.05) is 0 Å². The number of rotatable bonds is 10. The summed E-state index contributed by atoms with van der Waals surface area (Å²) in [5.41, 5.74) is 0.914. The molecule has 0 radical (unpaired) electrons. The van der Waals surface area contributed by atoms with Crippen molar-refractivity contribution in [3.63, 3.8) is 0 Å². The predicted octanol–water partition coefficient (Wildman–Crippen LogP) is 10.4. The highest BCUT2D eigenvalue weighted by Crippen LogP contribution is 2.49. The van der Waals surface area contributed by atoms with Crippen LogP contribution < -0.4 is 0 Å². The number of hydrogen-bond donors (Lipinski definition) is 0. The van der Waals surface area contributed by atoms with E-state index in [-0.39, 0.29) is 16.9 Å². The van der Waals surface area contributed by atoms with Gasteiger partial charge in [-0.3, -0.25) is 0 Å². The number of unbranched alkanes of at least 4 members (excludes halogenated alkanes) is 4. The van der Waals surface area contributed by atoms with Crippen molar-refractivity contribution in [2.24, 2.45) is 17.8 Å². The summed E-state index contributed by atoms with van der Waals surface area (Å²) in [7, 11) is 0. The predicted molar refractivity (Wildman–Crippen MR) is 141 cm³/mol. The molecule has 2 aliphatic carbocycles. The van der Waals surface area contributed by atoms with Crippen molar-refractivity contribution in [3.8, 4) is 0 Å². The van der Waals surface area contributed by atoms with Crippen LogP contribution in [-0.2, 0) is 6.42 Å². The van der Waals surface area contributed by atoms with E-state index in [1.165, 1.54) is 69.9 Å². The second-order valence-electron chi connectivity index (χ2n) is 11.3. The largest absolute Gasteiger partial charge is 0.207 e. The number of fused-ring (bicyclic) bond motifs is 2. The monoisotopic (exact) mass is 484 g/mol. The Labute approximate surface area is 210 Å². The molecule has 0 aliphatic heterocycles. The van der Waals surface area contributed by atoms with Gasteiger partial charge >= 0.3 is 0 Å². The molecule has 4 atom stereocenters. The first-order valence-electron chi connectivity index (χ1n) is 14.2. The molecule has 4 rings (SSSR count). The summed E-state index contributed by atoms with van der Waals surface area (Å²) in [5, 5.41) is 0.303. The van der Waals surface area contributed by atoms with Gasteiger partial charge in [0.25, 0.3) is 0 Å². The van der Waals surface area contributed by atoms with Crippen molar-refractivity contribution >= 4 is 10.8 Å². The van der Waals surface area contributed by atoms with Crippen molar-refractivity contribution < 1.29 is 13.2 Å². The Hall–Kier alpha value is -1.77. The van der Waals surface area contributed by atoms with Gasteiger partial charge < -0.3 is 0 Å². The number of allylic oxidation sites excluding steroid dienone is 2. The van der Waals surface area contributed by atoms with Crippen molar-refractivity contribution in [3.05, 3.63) is 58.9 Å². The molecule has 0 amide bonds.